The highest BCUT2D eigenvalue weighted by Gasteiger charge is 2.25. The van der Waals surface area contributed by atoms with Crippen molar-refractivity contribution in [3.05, 3.63) is 72.9 Å². The summed E-state index contributed by atoms with van der Waals surface area (Å²) >= 11 is 0. The molecule has 0 aliphatic carbocycles. The lowest BCUT2D eigenvalue weighted by Gasteiger charge is -2.25. The van der Waals surface area contributed by atoms with Crippen molar-refractivity contribution in [2.75, 3.05) is 47.5 Å². The molecule has 0 radical (unpaired) electrons. The summed E-state index contributed by atoms with van der Waals surface area (Å²) in [6, 6.07) is 0. The molecule has 0 bridgehead atoms. The Morgan fingerprint density at radius 1 is 0.534 bits per heavy atom. The quantitative estimate of drug-likeness (QED) is 0.0214. The maximum Gasteiger partial charge on any atom is 0.361 e. The second-order valence-electron chi connectivity index (χ2n) is 16.0. The first-order valence-electron chi connectivity index (χ1n) is 22.6. The van der Waals surface area contributed by atoms with Gasteiger partial charge in [0, 0.05) is 12.8 Å². The largest absolute Gasteiger partial charge is 0.477 e. The first-order valence-corrected chi connectivity index (χ1v) is 22.6. The third-order valence-electron chi connectivity index (χ3n) is 9.20. The van der Waals surface area contributed by atoms with Crippen molar-refractivity contribution in [1.29, 1.82) is 0 Å². The van der Waals surface area contributed by atoms with E-state index in [-0.39, 0.29) is 38.6 Å². The molecule has 0 fully saturated rings. The Bertz CT molecular complexity index is 1180. The van der Waals surface area contributed by atoms with E-state index in [4.69, 9.17) is 18.9 Å². The highest BCUT2D eigenvalue weighted by molar-refractivity contribution is 5.71. The maximum atomic E-state index is 12.7. The second-order valence-corrected chi connectivity index (χ2v) is 16.0. The number of nitrogens with zero attached hydrogens (tertiary/aromatic N) is 1. The van der Waals surface area contributed by atoms with Gasteiger partial charge in [-0.15, -0.1) is 0 Å². The summed E-state index contributed by atoms with van der Waals surface area (Å²) in [5.74, 6) is -2.08. The molecule has 0 amide bonds. The van der Waals surface area contributed by atoms with Crippen LogP contribution in [0.25, 0.3) is 0 Å². The predicted molar refractivity (Wildman–Crippen MR) is 239 cm³/mol. The van der Waals surface area contributed by atoms with Gasteiger partial charge in [-0.3, -0.25) is 9.59 Å². The van der Waals surface area contributed by atoms with Crippen LogP contribution in [-0.4, -0.2) is 87.4 Å². The van der Waals surface area contributed by atoms with Crippen LogP contribution in [0, 0.1) is 0 Å². The SMILES string of the molecule is CC/C=C\C/C=C\C/C=C\C/C=C\CCCCC(=O)OC(COC(=O)CCCCCCCCC/C=C\C/C=C\CCCCCC)COC(OCC[N+](C)(C)C)C(=O)O. The van der Waals surface area contributed by atoms with Gasteiger partial charge in [0.05, 0.1) is 34.4 Å². The van der Waals surface area contributed by atoms with Crippen molar-refractivity contribution in [1.82, 2.24) is 0 Å². The molecule has 0 heterocycles. The number of carboxylic acid groups (broad SMARTS) is 1. The van der Waals surface area contributed by atoms with Crippen LogP contribution in [0.1, 0.15) is 162 Å². The third kappa shape index (κ3) is 40.9. The summed E-state index contributed by atoms with van der Waals surface area (Å²) < 4.78 is 22.7. The minimum atomic E-state index is -1.52. The lowest BCUT2D eigenvalue weighted by atomic mass is 10.1. The van der Waals surface area contributed by atoms with E-state index in [1.54, 1.807) is 0 Å². The fourth-order valence-electron chi connectivity index (χ4n) is 5.68. The molecule has 0 aliphatic rings. The van der Waals surface area contributed by atoms with Crippen LogP contribution in [0.3, 0.4) is 0 Å². The smallest absolute Gasteiger partial charge is 0.361 e. The lowest BCUT2D eigenvalue weighted by molar-refractivity contribution is -0.870. The molecular weight excluding hydrogens is 731 g/mol. The monoisotopic (exact) mass is 815 g/mol. The standard InChI is InChI=1S/C49H83NO8/c1-6-8-10-12-14-16-18-20-22-23-24-26-27-29-31-33-35-37-39-46(51)56-43-45(44-57-49(48(53)54)55-42-41-50(3,4)5)58-47(52)40-38-36-34-32-30-28-25-21-19-17-15-13-11-9-7-2/h9,11,15-18,21-23,25,30,32,45,49H,6-8,10,12-14,19-20,24,26-29,31,33-44H2,1-5H3/p+1/b11-9-,17-15-,18-16-,23-22-,25-21-,32-30-. The number of carboxylic acids is 1. The van der Waals surface area contributed by atoms with E-state index in [1.165, 1.54) is 51.4 Å². The Morgan fingerprint density at radius 3 is 1.50 bits per heavy atom. The fraction of sp³-hybridized carbons (Fsp3) is 0.694. The topological polar surface area (TPSA) is 108 Å². The number of quaternary nitrogens is 1. The molecule has 2 atom stereocenters. The minimum absolute atomic E-state index is 0.175. The fourth-order valence-corrected chi connectivity index (χ4v) is 5.68. The average molecular weight is 815 g/mol. The molecule has 0 aromatic rings. The third-order valence-corrected chi connectivity index (χ3v) is 9.20. The molecule has 0 rings (SSSR count). The molecular formula is C49H84NO8+. The zero-order valence-electron chi connectivity index (χ0n) is 37.4. The van der Waals surface area contributed by atoms with E-state index < -0.39 is 24.3 Å². The molecule has 0 aromatic heterocycles. The number of carbonyl (C=O) groups excluding carboxylic acids is 2. The van der Waals surface area contributed by atoms with Crippen LogP contribution in [-0.2, 0) is 33.3 Å². The van der Waals surface area contributed by atoms with Crippen LogP contribution in [0.2, 0.25) is 0 Å². The van der Waals surface area contributed by atoms with Crippen molar-refractivity contribution < 1.29 is 42.9 Å². The van der Waals surface area contributed by atoms with E-state index in [0.717, 1.165) is 77.0 Å². The molecule has 0 aromatic carbocycles. The zero-order chi connectivity index (χ0) is 42.8. The number of allylic oxidation sites excluding steroid dienone is 12. The van der Waals surface area contributed by atoms with Crippen LogP contribution in [0.15, 0.2) is 72.9 Å². The molecule has 0 saturated heterocycles. The summed E-state index contributed by atoms with van der Waals surface area (Å²) in [5.41, 5.74) is 0. The normalized spacial score (nSPS) is 13.6. The summed E-state index contributed by atoms with van der Waals surface area (Å²) in [5, 5.41) is 9.63. The van der Waals surface area contributed by atoms with Crippen LogP contribution in [0.5, 0.6) is 0 Å². The van der Waals surface area contributed by atoms with Crippen LogP contribution < -0.4 is 0 Å². The van der Waals surface area contributed by atoms with Gasteiger partial charge in [0.2, 0.25) is 0 Å². The summed E-state index contributed by atoms with van der Waals surface area (Å²) in [7, 11) is 5.93. The molecule has 332 valence electrons. The first-order chi connectivity index (χ1) is 28.1. The Hall–Kier alpha value is -3.27. The molecule has 0 saturated carbocycles. The van der Waals surface area contributed by atoms with E-state index in [0.29, 0.717) is 17.4 Å². The van der Waals surface area contributed by atoms with Gasteiger partial charge in [0.1, 0.15) is 13.2 Å². The van der Waals surface area contributed by atoms with Crippen LogP contribution in [0.4, 0.5) is 0 Å². The van der Waals surface area contributed by atoms with E-state index in [2.05, 4.69) is 86.8 Å². The number of esters is 2. The molecule has 2 unspecified atom stereocenters. The van der Waals surface area contributed by atoms with Gasteiger partial charge in [-0.25, -0.2) is 4.79 Å². The molecule has 1 N–H and O–H groups in total. The summed E-state index contributed by atoms with van der Waals surface area (Å²) in [6.45, 7) is 4.66. The van der Waals surface area contributed by atoms with Gasteiger partial charge in [0.15, 0.2) is 6.10 Å². The number of hydrogen-bond donors (Lipinski definition) is 1. The number of hydrogen-bond acceptors (Lipinski definition) is 7. The highest BCUT2D eigenvalue weighted by Crippen LogP contribution is 2.12. The van der Waals surface area contributed by atoms with Gasteiger partial charge in [-0.2, -0.15) is 0 Å². The van der Waals surface area contributed by atoms with E-state index in [9.17, 15) is 19.5 Å². The maximum absolute atomic E-state index is 12.7. The summed E-state index contributed by atoms with van der Waals surface area (Å²) in [4.78, 5) is 37.1. The zero-order valence-corrected chi connectivity index (χ0v) is 37.4. The van der Waals surface area contributed by atoms with Crippen molar-refractivity contribution in [2.24, 2.45) is 0 Å². The van der Waals surface area contributed by atoms with E-state index >= 15 is 0 Å². The van der Waals surface area contributed by atoms with Gasteiger partial charge in [0.25, 0.3) is 6.29 Å². The van der Waals surface area contributed by atoms with Crippen molar-refractivity contribution in [2.45, 2.75) is 174 Å². The number of carbonyl (C=O) groups is 3. The minimum Gasteiger partial charge on any atom is -0.477 e. The van der Waals surface area contributed by atoms with Gasteiger partial charge in [-0.1, -0.05) is 138 Å². The van der Waals surface area contributed by atoms with Gasteiger partial charge in [-0.05, 0) is 83.5 Å². The van der Waals surface area contributed by atoms with E-state index in [1.807, 2.05) is 21.1 Å². The molecule has 9 heteroatoms. The molecule has 0 spiro atoms. The Labute approximate surface area is 354 Å². The summed E-state index contributed by atoms with van der Waals surface area (Å²) in [6.07, 6.45) is 46.8. The first kappa shape index (κ1) is 54.7. The second kappa shape index (κ2) is 40.5. The molecule has 0 aliphatic heterocycles. The lowest BCUT2D eigenvalue weighted by Crippen LogP contribution is -2.40. The average Bonchev–Trinajstić information content (AvgIpc) is 3.18. The number of rotatable bonds is 40. The molecule has 9 nitrogen and oxygen atoms in total. The van der Waals surface area contributed by atoms with Gasteiger partial charge < -0.3 is 28.5 Å². The number of likely N-dealkylation sites (N-methyl/N-ethyl adjacent to an activating group) is 1. The highest BCUT2D eigenvalue weighted by atomic mass is 16.7. The predicted octanol–water partition coefficient (Wildman–Crippen LogP) is 11.9. The Kier molecular flexibility index (Phi) is 38.2. The number of unbranched alkanes of at least 4 members (excludes halogenated alkanes) is 13. The Balaban J connectivity index is 4.51. The number of ether oxygens (including phenoxy) is 4. The van der Waals surface area contributed by atoms with Gasteiger partial charge >= 0.3 is 17.9 Å². The van der Waals surface area contributed by atoms with Crippen LogP contribution >= 0.6 is 0 Å². The van der Waals surface area contributed by atoms with Crippen molar-refractivity contribution in [3.8, 4) is 0 Å². The Morgan fingerprint density at radius 2 is 0.983 bits per heavy atom. The number of aliphatic carboxylic acids is 1. The molecule has 58 heavy (non-hydrogen) atoms. The van der Waals surface area contributed by atoms with Crippen molar-refractivity contribution in [3.63, 3.8) is 0 Å². The van der Waals surface area contributed by atoms with Crippen molar-refractivity contribution >= 4 is 17.9 Å².